The van der Waals surface area contributed by atoms with E-state index >= 15 is 0 Å². The van der Waals surface area contributed by atoms with E-state index in [-0.39, 0.29) is 24.6 Å². The van der Waals surface area contributed by atoms with Gasteiger partial charge in [-0.2, -0.15) is 0 Å². The van der Waals surface area contributed by atoms with Crippen molar-refractivity contribution in [2.75, 3.05) is 13.7 Å². The van der Waals surface area contributed by atoms with Gasteiger partial charge in [-0.1, -0.05) is 19.0 Å². The summed E-state index contributed by atoms with van der Waals surface area (Å²) in [6.45, 7) is 5.52. The lowest BCUT2D eigenvalue weighted by Gasteiger charge is -2.27. The number of carboxylic acids is 1. The Bertz CT molecular complexity index is 483. The van der Waals surface area contributed by atoms with E-state index in [0.29, 0.717) is 5.76 Å². The van der Waals surface area contributed by atoms with Crippen LogP contribution in [0.15, 0.2) is 10.6 Å². The van der Waals surface area contributed by atoms with Crippen LogP contribution in [-0.4, -0.2) is 41.4 Å². The summed E-state index contributed by atoms with van der Waals surface area (Å²) in [6.07, 6.45) is -0.249. The third-order valence-corrected chi connectivity index (χ3v) is 2.75. The van der Waals surface area contributed by atoms with Crippen molar-refractivity contribution in [3.8, 4) is 0 Å². The molecule has 112 valence electrons. The molecule has 1 rings (SSSR count). The van der Waals surface area contributed by atoms with Crippen LogP contribution in [0.25, 0.3) is 0 Å². The predicted octanol–water partition coefficient (Wildman–Crippen LogP) is 1.41. The summed E-state index contributed by atoms with van der Waals surface area (Å²) < 4.78 is 10.0. The van der Waals surface area contributed by atoms with Crippen LogP contribution in [-0.2, 0) is 9.53 Å². The number of ether oxygens (including phenoxy) is 1. The maximum atomic E-state index is 12.1. The predicted molar refractivity (Wildman–Crippen MR) is 70.6 cm³/mol. The van der Waals surface area contributed by atoms with E-state index in [1.165, 1.54) is 7.11 Å². The van der Waals surface area contributed by atoms with Crippen LogP contribution in [0.4, 0.5) is 0 Å². The van der Waals surface area contributed by atoms with Crippen LogP contribution in [0, 0.1) is 0 Å². The fourth-order valence-electron chi connectivity index (χ4n) is 1.79. The molecule has 0 aliphatic heterocycles. The molecule has 0 saturated heterocycles. The van der Waals surface area contributed by atoms with Gasteiger partial charge in [0.05, 0.1) is 18.6 Å². The summed E-state index contributed by atoms with van der Waals surface area (Å²) in [6, 6.07) is 1.55. The van der Waals surface area contributed by atoms with Crippen molar-refractivity contribution in [3.63, 3.8) is 0 Å². The van der Waals surface area contributed by atoms with Crippen LogP contribution in [0.5, 0.6) is 0 Å². The molecule has 1 aromatic rings. The van der Waals surface area contributed by atoms with Gasteiger partial charge in [0.2, 0.25) is 0 Å². The van der Waals surface area contributed by atoms with Crippen molar-refractivity contribution in [2.45, 2.75) is 38.6 Å². The van der Waals surface area contributed by atoms with E-state index in [2.05, 4.69) is 10.5 Å². The van der Waals surface area contributed by atoms with Gasteiger partial charge in [0.1, 0.15) is 5.76 Å². The fourth-order valence-corrected chi connectivity index (χ4v) is 1.79. The van der Waals surface area contributed by atoms with Gasteiger partial charge in [-0.05, 0) is 6.92 Å². The van der Waals surface area contributed by atoms with E-state index in [9.17, 15) is 9.59 Å². The number of carbonyl (C=O) groups excluding carboxylic acids is 1. The van der Waals surface area contributed by atoms with E-state index in [4.69, 9.17) is 14.4 Å². The molecule has 0 saturated carbocycles. The summed E-state index contributed by atoms with van der Waals surface area (Å²) in [5.41, 5.74) is -0.879. The number of aliphatic carboxylic acids is 1. The number of hydrogen-bond donors (Lipinski definition) is 2. The SMILES string of the molecule is COCC(C)(CC(=O)O)NC(=O)c1cc(C(C)C)on1. The van der Waals surface area contributed by atoms with Gasteiger partial charge in [0.25, 0.3) is 5.91 Å². The number of carboxylic acid groups (broad SMARTS) is 1. The molecule has 0 aromatic carbocycles. The molecule has 1 heterocycles. The topological polar surface area (TPSA) is 102 Å². The van der Waals surface area contributed by atoms with Crippen molar-refractivity contribution >= 4 is 11.9 Å². The van der Waals surface area contributed by atoms with Gasteiger partial charge < -0.3 is 19.7 Å². The number of aromatic nitrogens is 1. The Labute approximate surface area is 117 Å². The highest BCUT2D eigenvalue weighted by atomic mass is 16.5. The summed E-state index contributed by atoms with van der Waals surface area (Å²) in [7, 11) is 1.44. The number of methoxy groups -OCH3 is 1. The molecule has 1 atom stereocenters. The summed E-state index contributed by atoms with van der Waals surface area (Å²) >= 11 is 0. The first kappa shape index (κ1) is 16.2. The molecular weight excluding hydrogens is 264 g/mol. The van der Waals surface area contributed by atoms with Gasteiger partial charge in [-0.15, -0.1) is 0 Å². The third-order valence-electron chi connectivity index (χ3n) is 2.75. The van der Waals surface area contributed by atoms with Gasteiger partial charge in [-0.25, -0.2) is 0 Å². The van der Waals surface area contributed by atoms with Crippen molar-refractivity contribution in [1.29, 1.82) is 0 Å². The zero-order chi connectivity index (χ0) is 15.3. The second-order valence-electron chi connectivity index (χ2n) is 5.29. The zero-order valence-corrected chi connectivity index (χ0v) is 12.1. The number of hydrogen-bond acceptors (Lipinski definition) is 5. The third kappa shape index (κ3) is 4.34. The minimum Gasteiger partial charge on any atom is -0.481 e. The standard InChI is InChI=1S/C13H20N2O5/c1-8(2)10-5-9(15-20-10)12(18)14-13(3,7-19-4)6-11(16)17/h5,8H,6-7H2,1-4H3,(H,14,18)(H,16,17). The zero-order valence-electron chi connectivity index (χ0n) is 12.1. The quantitative estimate of drug-likeness (QED) is 0.785. The monoisotopic (exact) mass is 284 g/mol. The lowest BCUT2D eigenvalue weighted by molar-refractivity contribution is -0.139. The average molecular weight is 284 g/mol. The largest absolute Gasteiger partial charge is 0.481 e. The molecule has 1 unspecified atom stereocenters. The lowest BCUT2D eigenvalue weighted by atomic mass is 9.98. The number of nitrogens with one attached hydrogen (secondary N) is 1. The van der Waals surface area contributed by atoms with Crippen molar-refractivity contribution < 1.29 is 24.0 Å². The first-order valence-electron chi connectivity index (χ1n) is 6.27. The molecular formula is C13H20N2O5. The van der Waals surface area contributed by atoms with E-state index < -0.39 is 17.4 Å². The second kappa shape index (κ2) is 6.51. The first-order chi connectivity index (χ1) is 9.27. The van der Waals surface area contributed by atoms with Gasteiger partial charge in [-0.3, -0.25) is 9.59 Å². The fraction of sp³-hybridized carbons (Fsp3) is 0.615. The molecule has 7 nitrogen and oxygen atoms in total. The Balaban J connectivity index is 2.81. The van der Waals surface area contributed by atoms with Gasteiger partial charge >= 0.3 is 5.97 Å². The maximum absolute atomic E-state index is 12.1. The molecule has 0 aliphatic rings. The maximum Gasteiger partial charge on any atom is 0.305 e. The Kier molecular flexibility index (Phi) is 5.26. The van der Waals surface area contributed by atoms with E-state index in [1.54, 1.807) is 13.0 Å². The number of amides is 1. The van der Waals surface area contributed by atoms with Crippen LogP contribution >= 0.6 is 0 Å². The van der Waals surface area contributed by atoms with Crippen molar-refractivity contribution in [3.05, 3.63) is 17.5 Å². The number of rotatable bonds is 7. The lowest BCUT2D eigenvalue weighted by Crippen LogP contribution is -2.50. The minimum absolute atomic E-state index is 0.0833. The Hall–Kier alpha value is -1.89. The molecule has 0 fully saturated rings. The highest BCUT2D eigenvalue weighted by Gasteiger charge is 2.31. The highest BCUT2D eigenvalue weighted by molar-refractivity contribution is 5.93. The van der Waals surface area contributed by atoms with E-state index in [0.717, 1.165) is 0 Å². The molecule has 1 amide bonds. The number of carbonyl (C=O) groups is 2. The Morgan fingerprint density at radius 1 is 1.55 bits per heavy atom. The Morgan fingerprint density at radius 2 is 2.20 bits per heavy atom. The molecule has 0 spiro atoms. The summed E-state index contributed by atoms with van der Waals surface area (Å²) in [5, 5.41) is 15.2. The van der Waals surface area contributed by atoms with Crippen LogP contribution < -0.4 is 5.32 Å². The van der Waals surface area contributed by atoms with E-state index in [1.807, 2.05) is 13.8 Å². The molecule has 20 heavy (non-hydrogen) atoms. The van der Waals surface area contributed by atoms with Crippen molar-refractivity contribution in [2.24, 2.45) is 0 Å². The van der Waals surface area contributed by atoms with Crippen LogP contribution in [0.3, 0.4) is 0 Å². The van der Waals surface area contributed by atoms with Gasteiger partial charge in [0, 0.05) is 19.1 Å². The molecule has 0 radical (unpaired) electrons. The highest BCUT2D eigenvalue weighted by Crippen LogP contribution is 2.16. The Morgan fingerprint density at radius 3 is 2.65 bits per heavy atom. The normalized spacial score (nSPS) is 14.1. The summed E-state index contributed by atoms with van der Waals surface area (Å²) in [5.74, 6) is -0.787. The van der Waals surface area contributed by atoms with Crippen LogP contribution in [0.1, 0.15) is 49.4 Å². The average Bonchev–Trinajstić information content (AvgIpc) is 2.76. The summed E-state index contributed by atoms with van der Waals surface area (Å²) in [4.78, 5) is 22.9. The first-order valence-corrected chi connectivity index (χ1v) is 6.27. The molecule has 0 bridgehead atoms. The second-order valence-corrected chi connectivity index (χ2v) is 5.29. The van der Waals surface area contributed by atoms with Crippen LogP contribution in [0.2, 0.25) is 0 Å². The molecule has 7 heteroatoms. The smallest absolute Gasteiger partial charge is 0.305 e. The minimum atomic E-state index is -1.02. The van der Waals surface area contributed by atoms with Crippen molar-refractivity contribution in [1.82, 2.24) is 10.5 Å². The molecule has 2 N–H and O–H groups in total. The number of nitrogens with zero attached hydrogens (tertiary/aromatic N) is 1. The molecule has 1 aromatic heterocycles. The molecule has 0 aliphatic carbocycles. The van der Waals surface area contributed by atoms with Gasteiger partial charge in [0.15, 0.2) is 5.69 Å².